The van der Waals surface area contributed by atoms with Crippen molar-refractivity contribution in [2.24, 2.45) is 0 Å². The van der Waals surface area contributed by atoms with E-state index < -0.39 is 0 Å². The van der Waals surface area contributed by atoms with Gasteiger partial charge >= 0.3 is 0 Å². The van der Waals surface area contributed by atoms with Gasteiger partial charge in [0.15, 0.2) is 0 Å². The van der Waals surface area contributed by atoms with Crippen LogP contribution in [0.2, 0.25) is 0 Å². The molecule has 0 radical (unpaired) electrons. The fourth-order valence-corrected chi connectivity index (χ4v) is 4.17. The summed E-state index contributed by atoms with van der Waals surface area (Å²) in [5.41, 5.74) is 1.23. The second-order valence-corrected chi connectivity index (χ2v) is 7.32. The zero-order valence-electron chi connectivity index (χ0n) is 11.5. The van der Waals surface area contributed by atoms with Gasteiger partial charge in [-0.25, -0.2) is 0 Å². The van der Waals surface area contributed by atoms with Gasteiger partial charge in [-0.1, -0.05) is 12.8 Å². The number of hydrogen-bond acceptors (Lipinski definition) is 2. The van der Waals surface area contributed by atoms with E-state index in [1.165, 1.54) is 31.2 Å². The number of nitrogens with zero attached hydrogens (tertiary/aromatic N) is 1. The first-order valence-electron chi connectivity index (χ1n) is 6.91. The molecule has 1 aliphatic carbocycles. The molecule has 2 nitrogen and oxygen atoms in total. The predicted octanol–water partition coefficient (Wildman–Crippen LogP) is 5.07. The highest BCUT2D eigenvalue weighted by molar-refractivity contribution is 9.11. The van der Waals surface area contributed by atoms with Crippen molar-refractivity contribution >= 4 is 31.9 Å². The number of rotatable bonds is 4. The van der Waals surface area contributed by atoms with Crippen LogP contribution in [0.25, 0.3) is 0 Å². The molecule has 0 unspecified atom stereocenters. The van der Waals surface area contributed by atoms with E-state index >= 15 is 0 Å². The van der Waals surface area contributed by atoms with E-state index in [4.69, 9.17) is 0 Å². The molecule has 0 bridgehead atoms. The molecule has 1 saturated carbocycles. The van der Waals surface area contributed by atoms with Crippen molar-refractivity contribution in [1.82, 2.24) is 4.90 Å². The van der Waals surface area contributed by atoms with Crippen LogP contribution >= 0.6 is 31.9 Å². The van der Waals surface area contributed by atoms with Crippen LogP contribution in [0.1, 0.15) is 45.1 Å². The van der Waals surface area contributed by atoms with Gasteiger partial charge in [0.1, 0.15) is 5.75 Å². The smallest absolute Gasteiger partial charge is 0.143 e. The van der Waals surface area contributed by atoms with Crippen LogP contribution in [-0.2, 0) is 6.54 Å². The zero-order valence-corrected chi connectivity index (χ0v) is 14.7. The average molecular weight is 391 g/mol. The Hall–Kier alpha value is -0.0600. The van der Waals surface area contributed by atoms with E-state index in [1.54, 1.807) is 0 Å². The van der Waals surface area contributed by atoms with E-state index in [1.807, 2.05) is 12.1 Å². The summed E-state index contributed by atoms with van der Waals surface area (Å²) in [5, 5.41) is 9.78. The van der Waals surface area contributed by atoms with E-state index in [0.717, 1.165) is 15.5 Å². The van der Waals surface area contributed by atoms with Crippen LogP contribution in [0.15, 0.2) is 21.1 Å². The maximum Gasteiger partial charge on any atom is 0.143 e. The molecule has 106 valence electrons. The lowest BCUT2D eigenvalue weighted by Crippen LogP contribution is -2.38. The lowest BCUT2D eigenvalue weighted by atomic mass is 10.1. The third-order valence-corrected chi connectivity index (χ3v) is 5.11. The van der Waals surface area contributed by atoms with Gasteiger partial charge < -0.3 is 5.11 Å². The van der Waals surface area contributed by atoms with Gasteiger partial charge in [0, 0.05) is 18.6 Å². The summed E-state index contributed by atoms with van der Waals surface area (Å²) in [6.45, 7) is 5.48. The molecular weight excluding hydrogens is 370 g/mol. The summed E-state index contributed by atoms with van der Waals surface area (Å²) in [6, 6.07) is 5.30. The molecule has 1 N–H and O–H groups in total. The Morgan fingerprint density at radius 1 is 1.21 bits per heavy atom. The zero-order chi connectivity index (χ0) is 14.0. The van der Waals surface area contributed by atoms with E-state index in [-0.39, 0.29) is 5.75 Å². The summed E-state index contributed by atoms with van der Waals surface area (Å²) in [6.07, 6.45) is 5.35. The fourth-order valence-electron chi connectivity index (χ4n) is 2.89. The van der Waals surface area contributed by atoms with Crippen molar-refractivity contribution < 1.29 is 5.11 Å². The van der Waals surface area contributed by atoms with Gasteiger partial charge in [0.05, 0.1) is 8.95 Å². The molecule has 0 aliphatic heterocycles. The number of hydrogen-bond donors (Lipinski definition) is 1. The minimum absolute atomic E-state index is 0.278. The fraction of sp³-hybridized carbons (Fsp3) is 0.600. The van der Waals surface area contributed by atoms with Crippen molar-refractivity contribution in [2.45, 2.75) is 58.2 Å². The van der Waals surface area contributed by atoms with Crippen LogP contribution in [0.5, 0.6) is 5.75 Å². The lowest BCUT2D eigenvalue weighted by Gasteiger charge is -2.32. The maximum absolute atomic E-state index is 9.78. The average Bonchev–Trinajstić information content (AvgIpc) is 2.86. The summed E-state index contributed by atoms with van der Waals surface area (Å²) in [7, 11) is 0. The van der Waals surface area contributed by atoms with E-state index in [2.05, 4.69) is 50.6 Å². The molecule has 1 aromatic carbocycles. The minimum atomic E-state index is 0.278. The Balaban J connectivity index is 2.17. The highest BCUT2D eigenvalue weighted by atomic mass is 79.9. The molecule has 0 saturated heterocycles. The van der Waals surface area contributed by atoms with Crippen LogP contribution in [0.3, 0.4) is 0 Å². The van der Waals surface area contributed by atoms with Crippen molar-refractivity contribution in [2.75, 3.05) is 0 Å². The second kappa shape index (κ2) is 6.59. The number of halogens is 2. The molecule has 1 aromatic rings. The molecule has 1 aliphatic rings. The molecule has 0 aromatic heterocycles. The highest BCUT2D eigenvalue weighted by Gasteiger charge is 2.24. The molecule has 0 amide bonds. The third-order valence-electron chi connectivity index (χ3n) is 3.90. The minimum Gasteiger partial charge on any atom is -0.506 e. The first-order chi connectivity index (χ1) is 8.99. The first-order valence-corrected chi connectivity index (χ1v) is 8.50. The van der Waals surface area contributed by atoms with Crippen LogP contribution < -0.4 is 0 Å². The summed E-state index contributed by atoms with van der Waals surface area (Å²) in [5.74, 6) is 0.278. The molecule has 4 heteroatoms. The van der Waals surface area contributed by atoms with Crippen molar-refractivity contribution in [1.29, 1.82) is 0 Å². The Morgan fingerprint density at radius 2 is 1.74 bits per heavy atom. The molecule has 19 heavy (non-hydrogen) atoms. The van der Waals surface area contributed by atoms with Crippen LogP contribution in [0, 0.1) is 0 Å². The second-order valence-electron chi connectivity index (χ2n) is 5.61. The molecular formula is C15H21Br2NO. The van der Waals surface area contributed by atoms with Gasteiger partial charge in [-0.2, -0.15) is 0 Å². The number of phenols is 1. The summed E-state index contributed by atoms with van der Waals surface area (Å²) in [4.78, 5) is 2.58. The van der Waals surface area contributed by atoms with Crippen molar-refractivity contribution in [3.8, 4) is 5.75 Å². The van der Waals surface area contributed by atoms with Gasteiger partial charge in [-0.05, 0) is 76.2 Å². The van der Waals surface area contributed by atoms with Crippen molar-refractivity contribution in [3.05, 3.63) is 26.6 Å². The molecule has 0 spiro atoms. The molecule has 0 atom stereocenters. The molecule has 2 rings (SSSR count). The van der Waals surface area contributed by atoms with Gasteiger partial charge in [-0.3, -0.25) is 4.90 Å². The Labute approximate surface area is 132 Å². The lowest BCUT2D eigenvalue weighted by molar-refractivity contribution is 0.146. The monoisotopic (exact) mass is 389 g/mol. The first kappa shape index (κ1) is 15.3. The van der Waals surface area contributed by atoms with E-state index in [0.29, 0.717) is 12.1 Å². The topological polar surface area (TPSA) is 23.5 Å². The normalized spacial score (nSPS) is 16.7. The Bertz CT molecular complexity index is 419. The van der Waals surface area contributed by atoms with Crippen LogP contribution in [-0.4, -0.2) is 22.1 Å². The number of aromatic hydroxyl groups is 1. The largest absolute Gasteiger partial charge is 0.506 e. The van der Waals surface area contributed by atoms with E-state index in [9.17, 15) is 5.11 Å². The number of benzene rings is 1. The predicted molar refractivity (Wildman–Crippen MR) is 86.4 cm³/mol. The molecule has 0 heterocycles. The van der Waals surface area contributed by atoms with Gasteiger partial charge in [-0.15, -0.1) is 0 Å². The maximum atomic E-state index is 9.78. The Morgan fingerprint density at radius 3 is 2.21 bits per heavy atom. The third kappa shape index (κ3) is 3.73. The summed E-state index contributed by atoms with van der Waals surface area (Å²) >= 11 is 6.82. The quantitative estimate of drug-likeness (QED) is 0.775. The SMILES string of the molecule is CC(C)N(Cc1cc(Br)c(O)c(Br)c1)C1CCCC1. The highest BCUT2D eigenvalue weighted by Crippen LogP contribution is 2.34. The Kier molecular flexibility index (Phi) is 5.32. The standard InChI is InChI=1S/C15H21Br2NO/c1-10(2)18(12-5-3-4-6-12)9-11-7-13(16)15(19)14(17)8-11/h7-8,10,12,19H,3-6,9H2,1-2H3. The van der Waals surface area contributed by atoms with Gasteiger partial charge in [0.2, 0.25) is 0 Å². The van der Waals surface area contributed by atoms with Gasteiger partial charge in [0.25, 0.3) is 0 Å². The van der Waals surface area contributed by atoms with Crippen LogP contribution in [0.4, 0.5) is 0 Å². The summed E-state index contributed by atoms with van der Waals surface area (Å²) < 4.78 is 1.51. The number of phenolic OH excluding ortho intramolecular Hbond substituents is 1. The van der Waals surface area contributed by atoms with Crippen molar-refractivity contribution in [3.63, 3.8) is 0 Å². The molecule has 1 fully saturated rings.